The number of nitrogens with two attached hydrogens (primary N) is 1. The van der Waals surface area contributed by atoms with Crippen molar-refractivity contribution in [2.45, 2.75) is 12.5 Å². The van der Waals surface area contributed by atoms with Crippen molar-refractivity contribution in [2.24, 2.45) is 5.73 Å². The molecule has 1 aromatic carbocycles. The third-order valence-corrected chi connectivity index (χ3v) is 2.35. The smallest absolute Gasteiger partial charge is 0.387 e. The Kier molecular flexibility index (Phi) is 3.97. The van der Waals surface area contributed by atoms with Crippen LogP contribution in [-0.2, 0) is 11.2 Å². The quantitative estimate of drug-likeness (QED) is 0.502. The van der Waals surface area contributed by atoms with E-state index >= 15 is 0 Å². The number of hydrogen-bond donors (Lipinski definition) is 3. The fourth-order valence-electron chi connectivity index (χ4n) is 1.43. The molecule has 0 aromatic heterocycles. The van der Waals surface area contributed by atoms with Crippen molar-refractivity contribution in [1.82, 2.24) is 0 Å². The molecule has 102 valence electrons. The fourth-order valence-corrected chi connectivity index (χ4v) is 1.43. The summed E-state index contributed by atoms with van der Waals surface area (Å²) < 4.78 is 0. The standard InChI is InChI=1S/C9H9N3O7/c10-5(9(14)15)3-4-1-2-6(11(16)17)7(8(4)13)12(18)19/h1-2,5,13H,3,10H2,(H,14,15). The first kappa shape index (κ1) is 14.3. The molecule has 0 spiro atoms. The molecule has 0 fully saturated rings. The number of aromatic hydroxyl groups is 1. The number of nitro benzene ring substituents is 2. The number of carboxylic acids is 1. The van der Waals surface area contributed by atoms with E-state index in [1.165, 1.54) is 0 Å². The molecule has 10 nitrogen and oxygen atoms in total. The van der Waals surface area contributed by atoms with E-state index < -0.39 is 39.0 Å². The highest BCUT2D eigenvalue weighted by atomic mass is 16.6. The van der Waals surface area contributed by atoms with Crippen molar-refractivity contribution in [3.63, 3.8) is 0 Å². The van der Waals surface area contributed by atoms with E-state index in [2.05, 4.69) is 0 Å². The number of aliphatic carboxylic acids is 1. The average molecular weight is 271 g/mol. The molecule has 19 heavy (non-hydrogen) atoms. The number of carbonyl (C=O) groups is 1. The van der Waals surface area contributed by atoms with Crippen LogP contribution in [0.2, 0.25) is 0 Å². The fraction of sp³-hybridized carbons (Fsp3) is 0.222. The monoisotopic (exact) mass is 271 g/mol. The third kappa shape index (κ3) is 2.93. The van der Waals surface area contributed by atoms with Crippen LogP contribution in [0.1, 0.15) is 5.56 Å². The van der Waals surface area contributed by atoms with Gasteiger partial charge in [-0.25, -0.2) is 0 Å². The number of nitro groups is 2. The molecule has 1 aromatic rings. The minimum atomic E-state index is -1.38. The molecule has 10 heteroatoms. The van der Waals surface area contributed by atoms with Crippen molar-refractivity contribution < 1.29 is 24.9 Å². The Hall–Kier alpha value is -2.75. The molecule has 1 atom stereocenters. The number of nitrogens with zero attached hydrogens (tertiary/aromatic N) is 2. The number of hydrogen-bond acceptors (Lipinski definition) is 7. The Balaban J connectivity index is 3.31. The van der Waals surface area contributed by atoms with Gasteiger partial charge in [-0.1, -0.05) is 0 Å². The molecule has 0 radical (unpaired) electrons. The van der Waals surface area contributed by atoms with Gasteiger partial charge in [-0.3, -0.25) is 25.0 Å². The highest BCUT2D eigenvalue weighted by Crippen LogP contribution is 2.38. The first-order chi connectivity index (χ1) is 8.75. The minimum absolute atomic E-state index is 0.146. The van der Waals surface area contributed by atoms with Gasteiger partial charge in [0.25, 0.3) is 0 Å². The van der Waals surface area contributed by atoms with E-state index in [1.807, 2.05) is 0 Å². The first-order valence-corrected chi connectivity index (χ1v) is 4.87. The summed E-state index contributed by atoms with van der Waals surface area (Å²) in [5.41, 5.74) is 3.12. The lowest BCUT2D eigenvalue weighted by molar-refractivity contribution is -0.423. The van der Waals surface area contributed by atoms with Crippen molar-refractivity contribution >= 4 is 17.3 Å². The van der Waals surface area contributed by atoms with Crippen LogP contribution in [0.5, 0.6) is 5.75 Å². The van der Waals surface area contributed by atoms with Crippen LogP contribution < -0.4 is 5.73 Å². The molecule has 1 unspecified atom stereocenters. The molecule has 0 saturated heterocycles. The van der Waals surface area contributed by atoms with Gasteiger partial charge in [-0.2, -0.15) is 0 Å². The maximum absolute atomic E-state index is 10.7. The second-order valence-corrected chi connectivity index (χ2v) is 3.60. The molecule has 0 amide bonds. The zero-order valence-electron chi connectivity index (χ0n) is 9.35. The highest BCUT2D eigenvalue weighted by Gasteiger charge is 2.31. The van der Waals surface area contributed by atoms with Gasteiger partial charge < -0.3 is 15.9 Å². The van der Waals surface area contributed by atoms with Crippen LogP contribution >= 0.6 is 0 Å². The summed E-state index contributed by atoms with van der Waals surface area (Å²) in [4.78, 5) is 29.7. The van der Waals surface area contributed by atoms with Crippen LogP contribution in [0, 0.1) is 20.2 Å². The molecule has 0 aliphatic heterocycles. The molecule has 4 N–H and O–H groups in total. The first-order valence-electron chi connectivity index (χ1n) is 4.87. The van der Waals surface area contributed by atoms with E-state index in [-0.39, 0.29) is 12.0 Å². The Morgan fingerprint density at radius 3 is 2.32 bits per heavy atom. The highest BCUT2D eigenvalue weighted by molar-refractivity contribution is 5.74. The Morgan fingerprint density at radius 1 is 1.32 bits per heavy atom. The zero-order valence-corrected chi connectivity index (χ0v) is 9.35. The summed E-state index contributed by atoms with van der Waals surface area (Å²) in [6.45, 7) is 0. The molecular formula is C9H9N3O7. The van der Waals surface area contributed by atoms with Gasteiger partial charge in [0.2, 0.25) is 5.75 Å². The van der Waals surface area contributed by atoms with Crippen LogP contribution in [0.25, 0.3) is 0 Å². The van der Waals surface area contributed by atoms with Gasteiger partial charge in [0, 0.05) is 18.1 Å². The second-order valence-electron chi connectivity index (χ2n) is 3.60. The number of carboxylic acid groups (broad SMARTS) is 1. The Morgan fingerprint density at radius 2 is 1.89 bits per heavy atom. The lowest BCUT2D eigenvalue weighted by atomic mass is 10.0. The van der Waals surface area contributed by atoms with Crippen molar-refractivity contribution in [1.29, 1.82) is 0 Å². The summed E-state index contributed by atoms with van der Waals surface area (Å²) in [7, 11) is 0. The second kappa shape index (κ2) is 5.27. The van der Waals surface area contributed by atoms with Gasteiger partial charge >= 0.3 is 17.3 Å². The SMILES string of the molecule is NC(Cc1ccc([N+](=O)[O-])c([N+](=O)[O-])c1O)C(=O)O. The predicted octanol–water partition coefficient (Wildman–Crippen LogP) is 0.163. The van der Waals surface area contributed by atoms with E-state index in [1.54, 1.807) is 0 Å². The Labute approximate surface area is 105 Å². The van der Waals surface area contributed by atoms with E-state index in [0.29, 0.717) is 0 Å². The van der Waals surface area contributed by atoms with Crippen LogP contribution in [0.15, 0.2) is 12.1 Å². The number of benzene rings is 1. The van der Waals surface area contributed by atoms with Crippen molar-refractivity contribution in [2.75, 3.05) is 0 Å². The van der Waals surface area contributed by atoms with E-state index in [9.17, 15) is 30.1 Å². The molecule has 0 aliphatic carbocycles. The molecule has 0 bridgehead atoms. The van der Waals surface area contributed by atoms with Crippen molar-refractivity contribution in [3.05, 3.63) is 37.9 Å². The summed E-state index contributed by atoms with van der Waals surface area (Å²) in [5.74, 6) is -2.31. The number of rotatable bonds is 5. The van der Waals surface area contributed by atoms with Crippen LogP contribution in [0.3, 0.4) is 0 Å². The van der Waals surface area contributed by atoms with Gasteiger partial charge in [0.1, 0.15) is 6.04 Å². The Bertz CT molecular complexity index is 557. The van der Waals surface area contributed by atoms with E-state index in [0.717, 1.165) is 12.1 Å². The summed E-state index contributed by atoms with van der Waals surface area (Å²) >= 11 is 0. The van der Waals surface area contributed by atoms with Crippen LogP contribution in [0.4, 0.5) is 11.4 Å². The maximum Gasteiger partial charge on any atom is 0.387 e. The molecule has 1 rings (SSSR count). The summed E-state index contributed by atoms with van der Waals surface area (Å²) in [6, 6.07) is 0.470. The molecular weight excluding hydrogens is 262 g/mol. The van der Waals surface area contributed by atoms with Gasteiger partial charge in [-0.05, 0) is 6.07 Å². The normalized spacial score (nSPS) is 11.8. The predicted molar refractivity (Wildman–Crippen MR) is 60.7 cm³/mol. The number of phenols is 1. The molecule has 0 heterocycles. The van der Waals surface area contributed by atoms with Crippen LogP contribution in [-0.4, -0.2) is 32.1 Å². The van der Waals surface area contributed by atoms with E-state index in [4.69, 9.17) is 10.8 Å². The number of phenolic OH excluding ortho intramolecular Hbond substituents is 1. The summed E-state index contributed by atoms with van der Waals surface area (Å²) in [6.07, 6.45) is -0.389. The average Bonchev–Trinajstić information content (AvgIpc) is 2.30. The zero-order chi connectivity index (χ0) is 14.7. The third-order valence-electron chi connectivity index (χ3n) is 2.35. The van der Waals surface area contributed by atoms with Gasteiger partial charge in [-0.15, -0.1) is 0 Å². The largest absolute Gasteiger partial charge is 0.502 e. The maximum atomic E-state index is 10.7. The lowest BCUT2D eigenvalue weighted by Gasteiger charge is -2.08. The van der Waals surface area contributed by atoms with Gasteiger partial charge in [0.05, 0.1) is 9.85 Å². The summed E-state index contributed by atoms with van der Waals surface area (Å²) in [5, 5.41) is 39.5. The topological polar surface area (TPSA) is 170 Å². The molecule has 0 saturated carbocycles. The minimum Gasteiger partial charge on any atom is -0.502 e. The lowest BCUT2D eigenvalue weighted by Crippen LogP contribution is -2.32. The van der Waals surface area contributed by atoms with Crippen molar-refractivity contribution in [3.8, 4) is 5.75 Å². The van der Waals surface area contributed by atoms with Gasteiger partial charge in [0.15, 0.2) is 0 Å². The molecule has 0 aliphatic rings.